The molecule has 28 heavy (non-hydrogen) atoms. The topological polar surface area (TPSA) is 105 Å². The maximum Gasteiger partial charge on any atom is 0.350 e. The fourth-order valence-electron chi connectivity index (χ4n) is 3.24. The van der Waals surface area contributed by atoms with Crippen molar-refractivity contribution in [3.8, 4) is 0 Å². The van der Waals surface area contributed by atoms with Crippen molar-refractivity contribution < 1.29 is 29.0 Å². The number of nitrogens with zero attached hydrogens (tertiary/aromatic N) is 1. The highest BCUT2D eigenvalue weighted by Crippen LogP contribution is 2.31. The summed E-state index contributed by atoms with van der Waals surface area (Å²) < 4.78 is 10.1. The Morgan fingerprint density at radius 3 is 2.39 bits per heavy atom. The summed E-state index contributed by atoms with van der Waals surface area (Å²) >= 11 is 0. The third-order valence-electron chi connectivity index (χ3n) is 4.86. The van der Waals surface area contributed by atoms with E-state index in [9.17, 15) is 19.5 Å². The number of carbonyl (C=O) groups is 3. The highest BCUT2D eigenvalue weighted by Gasteiger charge is 2.39. The van der Waals surface area contributed by atoms with Crippen molar-refractivity contribution in [1.29, 1.82) is 0 Å². The molecule has 1 aromatic carbocycles. The van der Waals surface area contributed by atoms with Crippen molar-refractivity contribution in [3.05, 3.63) is 35.5 Å². The average Bonchev–Trinajstić information content (AvgIpc) is 2.60. The van der Waals surface area contributed by atoms with Crippen LogP contribution in [0.5, 0.6) is 0 Å². The number of carbonyl (C=O) groups excluding carboxylic acids is 2. The van der Waals surface area contributed by atoms with Crippen LogP contribution in [0.15, 0.2) is 30.0 Å². The third-order valence-corrected chi connectivity index (χ3v) is 4.86. The lowest BCUT2D eigenvalue weighted by Gasteiger charge is -2.33. The molecule has 8 nitrogen and oxygen atoms in total. The molecule has 1 aromatic rings. The van der Waals surface area contributed by atoms with E-state index in [4.69, 9.17) is 9.47 Å². The number of rotatable bonds is 4. The standard InChI is InChI=1S/C20H24N2O6/c1-12-6-8-22(9-7-12)16-5-4-13(17(23)24)10-15(16)21-11-14-18(25)27-20(2,3)28-19(14)26/h4-5,10-12,21H,6-9H2,1-3H3,(H,23,24). The van der Waals surface area contributed by atoms with Crippen LogP contribution >= 0.6 is 0 Å². The smallest absolute Gasteiger partial charge is 0.350 e. The zero-order valence-corrected chi connectivity index (χ0v) is 16.2. The van der Waals surface area contributed by atoms with Crippen LogP contribution in [0.25, 0.3) is 0 Å². The molecule has 0 amide bonds. The van der Waals surface area contributed by atoms with Crippen LogP contribution in [-0.4, -0.2) is 41.9 Å². The summed E-state index contributed by atoms with van der Waals surface area (Å²) in [7, 11) is 0. The maximum absolute atomic E-state index is 12.1. The fourth-order valence-corrected chi connectivity index (χ4v) is 3.24. The number of hydrogen-bond donors (Lipinski definition) is 2. The lowest BCUT2D eigenvalue weighted by molar-refractivity contribution is -0.222. The molecule has 8 heteroatoms. The Morgan fingerprint density at radius 2 is 1.82 bits per heavy atom. The molecule has 2 saturated heterocycles. The Balaban J connectivity index is 1.89. The van der Waals surface area contributed by atoms with Crippen molar-refractivity contribution in [1.82, 2.24) is 0 Å². The van der Waals surface area contributed by atoms with Gasteiger partial charge in [0.05, 0.1) is 16.9 Å². The van der Waals surface area contributed by atoms with Crippen molar-refractivity contribution >= 4 is 29.3 Å². The van der Waals surface area contributed by atoms with Crippen LogP contribution in [0.3, 0.4) is 0 Å². The number of aromatic carboxylic acids is 1. The Hall–Kier alpha value is -3.03. The van der Waals surface area contributed by atoms with Gasteiger partial charge >= 0.3 is 17.9 Å². The van der Waals surface area contributed by atoms with Gasteiger partial charge in [0.1, 0.15) is 0 Å². The molecule has 0 saturated carbocycles. The van der Waals surface area contributed by atoms with Gasteiger partial charge in [-0.2, -0.15) is 0 Å². The van der Waals surface area contributed by atoms with E-state index in [1.54, 1.807) is 12.1 Å². The number of cyclic esters (lactones) is 2. The molecule has 0 aliphatic carbocycles. The van der Waals surface area contributed by atoms with Crippen molar-refractivity contribution in [2.45, 2.75) is 39.4 Å². The van der Waals surface area contributed by atoms with Crippen LogP contribution < -0.4 is 10.2 Å². The first-order valence-electron chi connectivity index (χ1n) is 9.22. The molecule has 2 aliphatic heterocycles. The first-order valence-corrected chi connectivity index (χ1v) is 9.22. The quantitative estimate of drug-likeness (QED) is 0.461. The minimum absolute atomic E-state index is 0.102. The van der Waals surface area contributed by atoms with Crippen LogP contribution in [-0.2, 0) is 19.1 Å². The molecule has 0 radical (unpaired) electrons. The summed E-state index contributed by atoms with van der Waals surface area (Å²) in [6.07, 6.45) is 3.28. The normalized spacial score (nSPS) is 19.7. The Morgan fingerprint density at radius 1 is 1.21 bits per heavy atom. The number of ether oxygens (including phenoxy) is 2. The maximum atomic E-state index is 12.1. The summed E-state index contributed by atoms with van der Waals surface area (Å²) in [5, 5.41) is 12.2. The molecule has 150 valence electrons. The van der Waals surface area contributed by atoms with Gasteiger partial charge in [0.25, 0.3) is 5.79 Å². The molecule has 2 heterocycles. The van der Waals surface area contributed by atoms with E-state index in [2.05, 4.69) is 17.1 Å². The van der Waals surface area contributed by atoms with Gasteiger partial charge in [-0.05, 0) is 37.0 Å². The van der Waals surface area contributed by atoms with E-state index < -0.39 is 23.7 Å². The average molecular weight is 388 g/mol. The van der Waals surface area contributed by atoms with E-state index in [-0.39, 0.29) is 11.1 Å². The third kappa shape index (κ3) is 4.27. The molecule has 0 atom stereocenters. The Labute approximate surface area is 163 Å². The first kappa shape index (κ1) is 19.7. The summed E-state index contributed by atoms with van der Waals surface area (Å²) in [6, 6.07) is 4.76. The van der Waals surface area contributed by atoms with Crippen LogP contribution in [0.4, 0.5) is 11.4 Å². The number of piperidine rings is 1. The Kier molecular flexibility index (Phi) is 5.31. The van der Waals surface area contributed by atoms with Crippen LogP contribution in [0, 0.1) is 5.92 Å². The monoisotopic (exact) mass is 388 g/mol. The second kappa shape index (κ2) is 7.53. The van der Waals surface area contributed by atoms with Crippen molar-refractivity contribution in [3.63, 3.8) is 0 Å². The first-order chi connectivity index (χ1) is 13.2. The molecular weight excluding hydrogens is 364 g/mol. The van der Waals surface area contributed by atoms with Gasteiger partial charge in [0.2, 0.25) is 0 Å². The van der Waals surface area contributed by atoms with Gasteiger partial charge in [-0.15, -0.1) is 0 Å². The van der Waals surface area contributed by atoms with Gasteiger partial charge in [0.15, 0.2) is 5.57 Å². The van der Waals surface area contributed by atoms with E-state index in [0.717, 1.165) is 31.6 Å². The lowest BCUT2D eigenvalue weighted by atomic mass is 9.98. The second-order valence-corrected chi connectivity index (χ2v) is 7.59. The second-order valence-electron chi connectivity index (χ2n) is 7.59. The lowest BCUT2D eigenvalue weighted by Crippen LogP contribution is -2.42. The zero-order chi connectivity index (χ0) is 20.5. The van der Waals surface area contributed by atoms with Gasteiger partial charge in [-0.25, -0.2) is 14.4 Å². The molecule has 0 unspecified atom stereocenters. The van der Waals surface area contributed by atoms with E-state index in [1.807, 2.05) is 0 Å². The number of benzene rings is 1. The molecule has 0 spiro atoms. The van der Waals surface area contributed by atoms with Gasteiger partial charge in [-0.1, -0.05) is 6.92 Å². The highest BCUT2D eigenvalue weighted by molar-refractivity contribution is 6.15. The molecule has 0 bridgehead atoms. The van der Waals surface area contributed by atoms with Crippen LogP contribution in [0.1, 0.15) is 44.0 Å². The number of nitrogens with one attached hydrogen (secondary N) is 1. The van der Waals surface area contributed by atoms with Gasteiger partial charge in [-0.3, -0.25) is 0 Å². The van der Waals surface area contributed by atoms with Gasteiger partial charge in [0, 0.05) is 33.1 Å². The number of esters is 2. The van der Waals surface area contributed by atoms with E-state index in [1.165, 1.54) is 26.1 Å². The van der Waals surface area contributed by atoms with Crippen LogP contribution in [0.2, 0.25) is 0 Å². The fraction of sp³-hybridized carbons (Fsp3) is 0.450. The molecular formula is C20H24N2O6. The molecule has 2 aliphatic rings. The number of carboxylic acids is 1. The largest absolute Gasteiger partial charge is 0.478 e. The SMILES string of the molecule is CC1CCN(c2ccc(C(=O)O)cc2NC=C2C(=O)OC(C)(C)OC2=O)CC1. The summed E-state index contributed by atoms with van der Waals surface area (Å²) in [4.78, 5) is 37.7. The summed E-state index contributed by atoms with van der Waals surface area (Å²) in [6.45, 7) is 6.84. The molecule has 2 N–H and O–H groups in total. The predicted molar refractivity (Wildman–Crippen MR) is 102 cm³/mol. The minimum Gasteiger partial charge on any atom is -0.478 e. The van der Waals surface area contributed by atoms with E-state index in [0.29, 0.717) is 11.6 Å². The molecule has 0 aromatic heterocycles. The summed E-state index contributed by atoms with van der Waals surface area (Å²) in [5.41, 5.74) is 1.13. The molecule has 3 rings (SSSR count). The van der Waals surface area contributed by atoms with Crippen molar-refractivity contribution in [2.75, 3.05) is 23.3 Å². The highest BCUT2D eigenvalue weighted by atomic mass is 16.7. The zero-order valence-electron chi connectivity index (χ0n) is 16.2. The van der Waals surface area contributed by atoms with Gasteiger partial charge < -0.3 is 24.8 Å². The number of hydrogen-bond acceptors (Lipinski definition) is 7. The number of anilines is 2. The number of carboxylic acid groups (broad SMARTS) is 1. The molecule has 2 fully saturated rings. The predicted octanol–water partition coefficient (Wildman–Crippen LogP) is 2.75. The Bertz CT molecular complexity index is 815. The van der Waals surface area contributed by atoms with E-state index >= 15 is 0 Å². The van der Waals surface area contributed by atoms with Crippen molar-refractivity contribution in [2.24, 2.45) is 5.92 Å². The minimum atomic E-state index is -1.32. The summed E-state index contributed by atoms with van der Waals surface area (Å²) in [5.74, 6) is -3.33.